The summed E-state index contributed by atoms with van der Waals surface area (Å²) in [4.78, 5) is 52.7. The lowest BCUT2D eigenvalue weighted by molar-refractivity contribution is -0.459. The summed E-state index contributed by atoms with van der Waals surface area (Å²) in [5.41, 5.74) is 16.6. The number of aromatic nitrogens is 9. The second-order valence-electron chi connectivity index (χ2n) is 15.4. The van der Waals surface area contributed by atoms with Gasteiger partial charge in [-0.1, -0.05) is 29.7 Å². The summed E-state index contributed by atoms with van der Waals surface area (Å²) in [6.07, 6.45) is 15.8. The number of nitrogens with two attached hydrogens (primary N) is 2. The van der Waals surface area contributed by atoms with Crippen LogP contribution >= 0.6 is 0 Å². The number of hydrogen-bond acceptors (Lipinski definition) is 15. The Balaban J connectivity index is 0.00000898. The van der Waals surface area contributed by atoms with E-state index in [2.05, 4.69) is 59.3 Å². The fourth-order valence-electron chi connectivity index (χ4n) is 7.11. The van der Waals surface area contributed by atoms with E-state index in [4.69, 9.17) is 47.1 Å². The van der Waals surface area contributed by atoms with Crippen LogP contribution in [0.2, 0.25) is 0 Å². The number of amides is 2. The fourth-order valence-corrected chi connectivity index (χ4v) is 7.11. The zero-order chi connectivity index (χ0) is 44.7. The van der Waals surface area contributed by atoms with Crippen LogP contribution in [0, 0.1) is 12.3 Å². The Kier molecular flexibility index (Phi) is 22.7. The first-order valence-corrected chi connectivity index (χ1v) is 22.2. The van der Waals surface area contributed by atoms with E-state index in [1.807, 2.05) is 16.0 Å². The van der Waals surface area contributed by atoms with E-state index in [0.29, 0.717) is 129 Å². The summed E-state index contributed by atoms with van der Waals surface area (Å²) >= 11 is 0. The lowest BCUT2D eigenvalue weighted by Crippen LogP contribution is -3.00. The van der Waals surface area contributed by atoms with Crippen LogP contribution in [0.5, 0.6) is 0 Å². The Morgan fingerprint density at radius 1 is 0.828 bits per heavy atom. The molecule has 0 spiro atoms. The number of nitrogens with one attached hydrogen (secondary N) is 2. The van der Waals surface area contributed by atoms with Crippen molar-refractivity contribution in [1.29, 1.82) is 0 Å². The number of quaternary nitrogens is 1. The molecule has 23 nitrogen and oxygen atoms in total. The smallest absolute Gasteiger partial charge is 0.338 e. The van der Waals surface area contributed by atoms with Gasteiger partial charge in [0.15, 0.2) is 0 Å². The third-order valence-electron chi connectivity index (χ3n) is 10.6. The maximum absolute atomic E-state index is 14.1. The first-order chi connectivity index (χ1) is 30.8. The lowest BCUT2D eigenvalue weighted by atomic mass is 10.1. The Morgan fingerprint density at radius 2 is 1.45 bits per heavy atom. The van der Waals surface area contributed by atoms with E-state index >= 15 is 0 Å². The zero-order valence-electron chi connectivity index (χ0n) is 37.3. The number of ether oxygens (including phenoxy) is 3. The highest BCUT2D eigenvalue weighted by Crippen LogP contribution is 2.23. The van der Waals surface area contributed by atoms with Crippen molar-refractivity contribution in [2.75, 3.05) is 127 Å². The van der Waals surface area contributed by atoms with Crippen molar-refractivity contribution in [3.63, 3.8) is 0 Å². The van der Waals surface area contributed by atoms with Crippen LogP contribution in [-0.4, -0.2) is 184 Å². The molecule has 1 atom stereocenters. The van der Waals surface area contributed by atoms with Gasteiger partial charge >= 0.3 is 5.96 Å². The molecule has 0 aliphatic carbocycles. The molecule has 0 radical (unpaired) electrons. The van der Waals surface area contributed by atoms with E-state index in [-0.39, 0.29) is 43.3 Å². The number of unbranched alkanes of at least 4 members (excludes halogenated alkanes) is 2. The number of carbonyl (C=O) groups excluding carboxylic acids is 2. The number of carbonyl (C=O) groups is 2. The lowest BCUT2D eigenvalue weighted by Gasteiger charge is -2.37. The van der Waals surface area contributed by atoms with Gasteiger partial charge < -0.3 is 57.3 Å². The molecular weight excluding hydrogens is 848 g/mol. The molecule has 0 bridgehead atoms. The number of halogens is 1. The monoisotopic (exact) mass is 916 g/mol. The van der Waals surface area contributed by atoms with Gasteiger partial charge in [0.05, 0.1) is 57.5 Å². The number of anilines is 3. The minimum Gasteiger partial charge on any atom is -1.00 e. The molecule has 2 aliphatic heterocycles. The van der Waals surface area contributed by atoms with Gasteiger partial charge in [-0.15, -0.1) is 16.6 Å². The van der Waals surface area contributed by atoms with E-state index < -0.39 is 6.04 Å². The fraction of sp³-hybridized carbons (Fsp3) is 0.700. The van der Waals surface area contributed by atoms with Crippen LogP contribution in [0.3, 0.4) is 0 Å². The molecule has 5 heterocycles. The summed E-state index contributed by atoms with van der Waals surface area (Å²) in [5.74, 6) is 4.04. The van der Waals surface area contributed by atoms with E-state index in [0.717, 1.165) is 56.5 Å². The highest BCUT2D eigenvalue weighted by atomic mass is 35.5. The Morgan fingerprint density at radius 3 is 2.11 bits per heavy atom. The Bertz CT molecular complexity index is 1890. The summed E-state index contributed by atoms with van der Waals surface area (Å²) in [6.45, 7) is 10.7. The van der Waals surface area contributed by atoms with Crippen LogP contribution in [-0.2, 0) is 43.2 Å². The minimum absolute atomic E-state index is 0. The molecule has 2 amide bonds. The summed E-state index contributed by atoms with van der Waals surface area (Å²) in [6, 6.07) is -0.416. The highest BCUT2D eigenvalue weighted by Gasteiger charge is 2.31. The van der Waals surface area contributed by atoms with E-state index in [1.54, 1.807) is 15.6 Å². The third-order valence-corrected chi connectivity index (χ3v) is 10.6. The van der Waals surface area contributed by atoms with Crippen LogP contribution in [0.1, 0.15) is 62.9 Å². The zero-order valence-corrected chi connectivity index (χ0v) is 38.0. The van der Waals surface area contributed by atoms with Crippen molar-refractivity contribution in [3.05, 3.63) is 23.8 Å². The summed E-state index contributed by atoms with van der Waals surface area (Å²) in [7, 11) is 0. The maximum atomic E-state index is 14.1. The maximum Gasteiger partial charge on any atom is 0.338 e. The van der Waals surface area contributed by atoms with Crippen LogP contribution in [0.4, 0.5) is 17.8 Å². The summed E-state index contributed by atoms with van der Waals surface area (Å²) < 4.78 is 19.8. The highest BCUT2D eigenvalue weighted by molar-refractivity contribution is 5.80. The molecule has 5 rings (SSSR count). The van der Waals surface area contributed by atoms with Crippen molar-refractivity contribution >= 4 is 35.6 Å². The number of nitrogens with zero attached hydrogens (tertiary/aromatic N) is 13. The molecule has 0 aromatic carbocycles. The largest absolute Gasteiger partial charge is 1.00 e. The molecule has 2 aliphatic rings. The first-order valence-electron chi connectivity index (χ1n) is 22.2. The average Bonchev–Trinajstić information content (AvgIpc) is 3.97. The molecule has 9 N–H and O–H groups in total. The number of terminal acetylenes is 1. The third kappa shape index (κ3) is 16.9. The summed E-state index contributed by atoms with van der Waals surface area (Å²) in [5, 5.41) is 20.4. The molecule has 1 unspecified atom stereocenters. The van der Waals surface area contributed by atoms with Gasteiger partial charge in [0.25, 0.3) is 0 Å². The van der Waals surface area contributed by atoms with E-state index in [9.17, 15) is 9.59 Å². The van der Waals surface area contributed by atoms with Gasteiger partial charge in [-0.25, -0.2) is 9.36 Å². The average molecular weight is 917 g/mol. The Labute approximate surface area is 381 Å². The van der Waals surface area contributed by atoms with Gasteiger partial charge in [-0.05, 0) is 44.9 Å². The molecule has 354 valence electrons. The Hall–Kier alpha value is -5.41. The second kappa shape index (κ2) is 28.4. The minimum atomic E-state index is -0.416. The molecule has 2 fully saturated rings. The van der Waals surface area contributed by atoms with Gasteiger partial charge in [0.1, 0.15) is 19.2 Å². The molecule has 3 aromatic heterocycles. The molecule has 3 aromatic rings. The van der Waals surface area contributed by atoms with Crippen LogP contribution in [0.15, 0.2) is 12.4 Å². The van der Waals surface area contributed by atoms with Crippen LogP contribution in [0.25, 0.3) is 0 Å². The molecule has 0 saturated carbocycles. The van der Waals surface area contributed by atoms with Gasteiger partial charge in [-0.3, -0.25) is 26.0 Å². The standard InChI is InChI=1S/C40H66N18O5.ClH/c1-3-5-9-33-30-58(52-50-33)34(11-6-7-12-41)36(60)54-17-21-56(22-18-54)40-47-38(45-14-24-62-26-28-63-27-25-61-23-4-2)46-39(48-40)55-19-15-53(16-20-55)35(59)31-57-29-32(49-51-57)10-8-13-44-37(42)43;/h2,29-30,34H,3,5-28,31,41H2,1H3,(H4,42,43,44)(H,45,46,47,48);1H/p+1. The van der Waals surface area contributed by atoms with Crippen molar-refractivity contribution in [2.24, 2.45) is 11.5 Å². The van der Waals surface area contributed by atoms with Gasteiger partial charge in [-0.2, -0.15) is 15.0 Å². The van der Waals surface area contributed by atoms with Gasteiger partial charge in [0, 0.05) is 71.3 Å². The van der Waals surface area contributed by atoms with Crippen molar-refractivity contribution in [1.82, 2.24) is 54.7 Å². The van der Waals surface area contributed by atoms with Crippen molar-refractivity contribution in [2.45, 2.75) is 70.9 Å². The number of piperazine rings is 2. The molecule has 64 heavy (non-hydrogen) atoms. The predicted molar refractivity (Wildman–Crippen MR) is 234 cm³/mol. The second-order valence-corrected chi connectivity index (χ2v) is 15.4. The van der Waals surface area contributed by atoms with Crippen LogP contribution < -0.4 is 49.7 Å². The quantitative estimate of drug-likeness (QED) is 0.0196. The number of rotatable bonds is 28. The molecular formula is C40H68ClN18O5+. The number of guanidine groups is 1. The number of hydrogen-bond donors (Lipinski definition) is 5. The number of aryl methyl sites for hydroxylation is 2. The SMILES string of the molecule is C#CCOCCOCCOCCNc1nc(N2CCN(C(=O)Cn3cc(CCC[NH+]=C(N)N)nn3)CC2)nc(N2CCN(C(=O)C(CCCC[NH3+])n3cc(CCCC)nn3)CC2)n1.[Cl-]. The molecule has 24 heteroatoms. The van der Waals surface area contributed by atoms with E-state index in [1.165, 1.54) is 0 Å². The predicted octanol–water partition coefficient (Wildman–Crippen LogP) is -6.57. The first kappa shape index (κ1) is 51.2. The van der Waals surface area contributed by atoms with Crippen molar-refractivity contribution < 1.29 is 46.9 Å². The topological polar surface area (TPSA) is 281 Å². The van der Waals surface area contributed by atoms with Crippen molar-refractivity contribution in [3.8, 4) is 12.3 Å². The molecule has 2 saturated heterocycles. The van der Waals surface area contributed by atoms with Gasteiger partial charge in [0.2, 0.25) is 29.7 Å². The normalized spacial score (nSPS) is 14.5.